The molecule has 1 radical (unpaired) electrons. The Hall–Kier alpha value is -2.26. The van der Waals surface area contributed by atoms with Crippen LogP contribution < -0.4 is 0 Å². The van der Waals surface area contributed by atoms with Crippen LogP contribution in [0, 0.1) is 6.42 Å². The van der Waals surface area contributed by atoms with Crippen molar-refractivity contribution in [2.45, 2.75) is 25.5 Å². The molecule has 0 saturated carbocycles. The van der Waals surface area contributed by atoms with Crippen molar-refractivity contribution < 1.29 is 5.11 Å². The fourth-order valence-electron chi connectivity index (χ4n) is 2.65. The maximum Gasteiger partial charge on any atom is 0.199 e. The minimum atomic E-state index is -1.25. The number of rotatable bonds is 5. The number of aliphatic hydroxyl groups is 1. The number of hydrogen-bond donors (Lipinski definition) is 1. The summed E-state index contributed by atoms with van der Waals surface area (Å²) in [5, 5.41) is 10.7. The highest BCUT2D eigenvalue weighted by atomic mass is 16.3. The van der Waals surface area contributed by atoms with Crippen LogP contribution in [0.3, 0.4) is 0 Å². The van der Waals surface area contributed by atoms with Crippen molar-refractivity contribution in [2.24, 2.45) is 9.98 Å². The number of benzene rings is 2. The number of nitrogens with zero attached hydrogens (tertiary/aromatic N) is 2. The molecule has 0 fully saturated rings. The molecule has 111 valence electrons. The fourth-order valence-corrected chi connectivity index (χ4v) is 2.65. The maximum atomic E-state index is 10.7. The lowest BCUT2D eigenvalue weighted by Gasteiger charge is -2.15. The summed E-state index contributed by atoms with van der Waals surface area (Å²) in [5.74, 6) is 0.607. The van der Waals surface area contributed by atoms with E-state index in [1.54, 1.807) is 6.21 Å². The Bertz CT molecular complexity index is 706. The Morgan fingerprint density at radius 2 is 1.77 bits per heavy atom. The molecular weight excluding hydrogens is 272 g/mol. The lowest BCUT2D eigenvalue weighted by Crippen LogP contribution is -2.28. The molecule has 3 nitrogen and oxygen atoms in total. The average molecular weight is 291 g/mol. The highest BCUT2D eigenvalue weighted by molar-refractivity contribution is 6.08. The van der Waals surface area contributed by atoms with Crippen LogP contribution in [0.1, 0.15) is 23.6 Å². The molecule has 1 N–H and O–H groups in total. The maximum absolute atomic E-state index is 10.7. The summed E-state index contributed by atoms with van der Waals surface area (Å²) in [7, 11) is 0. The van der Waals surface area contributed by atoms with E-state index >= 15 is 0 Å². The Kier molecular flexibility index (Phi) is 4.16. The van der Waals surface area contributed by atoms with Gasteiger partial charge in [0.1, 0.15) is 0 Å². The van der Waals surface area contributed by atoms with E-state index in [0.717, 1.165) is 17.5 Å². The molecule has 1 heterocycles. The van der Waals surface area contributed by atoms with Gasteiger partial charge in [-0.1, -0.05) is 61.5 Å². The predicted octanol–water partition coefficient (Wildman–Crippen LogP) is 3.22. The van der Waals surface area contributed by atoms with Crippen molar-refractivity contribution in [3.05, 3.63) is 77.7 Å². The van der Waals surface area contributed by atoms with Gasteiger partial charge in [0.05, 0.1) is 6.21 Å². The summed E-state index contributed by atoms with van der Waals surface area (Å²) in [6, 6.07) is 17.9. The van der Waals surface area contributed by atoms with Gasteiger partial charge >= 0.3 is 0 Å². The van der Waals surface area contributed by atoms with Gasteiger partial charge in [-0.3, -0.25) is 0 Å². The molecule has 1 aliphatic heterocycles. The first kappa shape index (κ1) is 14.7. The van der Waals surface area contributed by atoms with Crippen molar-refractivity contribution in [3.8, 4) is 0 Å². The topological polar surface area (TPSA) is 45.0 Å². The van der Waals surface area contributed by atoms with E-state index in [1.807, 2.05) is 55.5 Å². The SMILES string of the molecule is C[CH]Cc1ccccc1C1=NC(O)(Cc2ccccc2)C=N1. The largest absolute Gasteiger partial charge is 0.364 e. The molecule has 3 rings (SSSR count). The van der Waals surface area contributed by atoms with E-state index in [4.69, 9.17) is 0 Å². The van der Waals surface area contributed by atoms with Crippen LogP contribution in [0.15, 0.2) is 64.6 Å². The predicted molar refractivity (Wildman–Crippen MR) is 90.2 cm³/mol. The van der Waals surface area contributed by atoms with Gasteiger partial charge in [0, 0.05) is 12.0 Å². The van der Waals surface area contributed by atoms with Crippen molar-refractivity contribution in [3.63, 3.8) is 0 Å². The van der Waals surface area contributed by atoms with Crippen molar-refractivity contribution >= 4 is 12.1 Å². The molecule has 2 aromatic carbocycles. The summed E-state index contributed by atoms with van der Waals surface area (Å²) in [4.78, 5) is 8.82. The zero-order valence-electron chi connectivity index (χ0n) is 12.6. The van der Waals surface area contributed by atoms with E-state index in [-0.39, 0.29) is 0 Å². The highest BCUT2D eigenvalue weighted by Gasteiger charge is 2.30. The first-order valence-electron chi connectivity index (χ1n) is 7.48. The fraction of sp³-hybridized carbons (Fsp3) is 0.211. The van der Waals surface area contributed by atoms with Crippen molar-refractivity contribution in [2.75, 3.05) is 0 Å². The van der Waals surface area contributed by atoms with Gasteiger partial charge in [-0.05, 0) is 24.0 Å². The van der Waals surface area contributed by atoms with Crippen LogP contribution in [0.25, 0.3) is 0 Å². The Labute approximate surface area is 131 Å². The number of hydrogen-bond acceptors (Lipinski definition) is 3. The van der Waals surface area contributed by atoms with E-state index < -0.39 is 5.72 Å². The summed E-state index contributed by atoms with van der Waals surface area (Å²) >= 11 is 0. The van der Waals surface area contributed by atoms with Crippen LogP contribution in [-0.2, 0) is 12.8 Å². The second-order valence-corrected chi connectivity index (χ2v) is 5.50. The van der Waals surface area contributed by atoms with E-state index in [9.17, 15) is 5.11 Å². The average Bonchev–Trinajstić information content (AvgIpc) is 2.91. The van der Waals surface area contributed by atoms with Crippen LogP contribution in [0.2, 0.25) is 0 Å². The molecule has 0 spiro atoms. The molecule has 1 unspecified atom stereocenters. The molecule has 0 saturated heterocycles. The zero-order chi connectivity index (χ0) is 15.4. The third-order valence-electron chi connectivity index (χ3n) is 3.68. The van der Waals surface area contributed by atoms with Gasteiger partial charge < -0.3 is 5.11 Å². The number of amidine groups is 1. The van der Waals surface area contributed by atoms with Crippen LogP contribution in [0.5, 0.6) is 0 Å². The smallest absolute Gasteiger partial charge is 0.199 e. The monoisotopic (exact) mass is 291 g/mol. The standard InChI is InChI=1S/C19H19N2O/c1-2-8-16-11-6-7-12-17(16)18-20-14-19(22,21-18)13-15-9-4-3-5-10-15/h2-7,9-12,14,22H,8,13H2,1H3. The van der Waals surface area contributed by atoms with E-state index in [2.05, 4.69) is 22.5 Å². The minimum Gasteiger partial charge on any atom is -0.364 e. The van der Waals surface area contributed by atoms with Gasteiger partial charge in [-0.2, -0.15) is 0 Å². The normalized spacial score (nSPS) is 20.2. The van der Waals surface area contributed by atoms with Gasteiger partial charge in [-0.15, -0.1) is 0 Å². The molecular formula is C19H19N2O. The Morgan fingerprint density at radius 1 is 1.05 bits per heavy atom. The van der Waals surface area contributed by atoms with Gasteiger partial charge in [0.15, 0.2) is 11.6 Å². The van der Waals surface area contributed by atoms with Crippen LogP contribution >= 0.6 is 0 Å². The quantitative estimate of drug-likeness (QED) is 0.903. The highest BCUT2D eigenvalue weighted by Crippen LogP contribution is 2.22. The summed E-state index contributed by atoms with van der Waals surface area (Å²) < 4.78 is 0. The lowest BCUT2D eigenvalue weighted by molar-refractivity contribution is 0.131. The molecule has 22 heavy (non-hydrogen) atoms. The third-order valence-corrected chi connectivity index (χ3v) is 3.68. The zero-order valence-corrected chi connectivity index (χ0v) is 12.6. The minimum absolute atomic E-state index is 0.433. The third kappa shape index (κ3) is 3.15. The number of aliphatic imine (C=N–C) groups is 2. The molecule has 0 bridgehead atoms. The summed E-state index contributed by atoms with van der Waals surface area (Å²) in [6.07, 6.45) is 4.95. The molecule has 0 amide bonds. The molecule has 3 heteroatoms. The Morgan fingerprint density at radius 3 is 2.55 bits per heavy atom. The first-order chi connectivity index (χ1) is 10.7. The molecule has 0 aromatic heterocycles. The first-order valence-corrected chi connectivity index (χ1v) is 7.48. The second-order valence-electron chi connectivity index (χ2n) is 5.50. The van der Waals surface area contributed by atoms with Crippen molar-refractivity contribution in [1.82, 2.24) is 0 Å². The van der Waals surface area contributed by atoms with Crippen LogP contribution in [0.4, 0.5) is 0 Å². The molecule has 1 aliphatic rings. The van der Waals surface area contributed by atoms with Gasteiger partial charge in [0.2, 0.25) is 0 Å². The summed E-state index contributed by atoms with van der Waals surface area (Å²) in [5.41, 5.74) is 1.95. The van der Waals surface area contributed by atoms with E-state index in [1.165, 1.54) is 5.56 Å². The summed E-state index contributed by atoms with van der Waals surface area (Å²) in [6.45, 7) is 2.03. The van der Waals surface area contributed by atoms with Crippen molar-refractivity contribution in [1.29, 1.82) is 0 Å². The molecule has 1 atom stereocenters. The second kappa shape index (κ2) is 6.24. The Balaban J connectivity index is 1.87. The van der Waals surface area contributed by atoms with E-state index in [0.29, 0.717) is 12.3 Å². The van der Waals surface area contributed by atoms with Gasteiger partial charge in [-0.25, -0.2) is 9.98 Å². The molecule has 2 aromatic rings. The van der Waals surface area contributed by atoms with Gasteiger partial charge in [0.25, 0.3) is 0 Å². The molecule has 0 aliphatic carbocycles. The van der Waals surface area contributed by atoms with Crippen LogP contribution in [-0.4, -0.2) is 22.9 Å². The lowest BCUT2D eigenvalue weighted by atomic mass is 10.0.